The summed E-state index contributed by atoms with van der Waals surface area (Å²) in [5.74, 6) is 0.259. The van der Waals surface area contributed by atoms with E-state index in [1.165, 1.54) is 6.07 Å². The molecule has 0 saturated carbocycles. The summed E-state index contributed by atoms with van der Waals surface area (Å²) in [7, 11) is 0. The molecule has 2 rings (SSSR count). The van der Waals surface area contributed by atoms with Crippen molar-refractivity contribution in [3.05, 3.63) is 24.1 Å². The first-order chi connectivity index (χ1) is 7.36. The molecule has 5 heteroatoms. The van der Waals surface area contributed by atoms with Gasteiger partial charge in [0.1, 0.15) is 0 Å². The molecule has 0 spiro atoms. The Morgan fingerprint density at radius 3 is 2.88 bits per heavy atom. The maximum Gasteiger partial charge on any atom is 0.250 e. The first-order valence-corrected chi connectivity index (χ1v) is 5.30. The molecule has 1 N–H and O–H groups in total. The van der Waals surface area contributed by atoms with Gasteiger partial charge in [0.25, 0.3) is 0 Å². The quantitative estimate of drug-likeness (QED) is 0.886. The highest BCUT2D eigenvalue weighted by molar-refractivity contribution is 5.85. The summed E-state index contributed by atoms with van der Waals surface area (Å²) in [6, 6.07) is 2.93. The third-order valence-electron chi connectivity index (χ3n) is 2.64. The molecular formula is C11H16ClFN2O. The van der Waals surface area contributed by atoms with Crippen LogP contribution in [0.5, 0.6) is 5.88 Å². The average molecular weight is 247 g/mol. The molecule has 0 unspecified atom stereocenters. The van der Waals surface area contributed by atoms with Gasteiger partial charge in [-0.2, -0.15) is 0 Å². The Morgan fingerprint density at radius 2 is 2.19 bits per heavy atom. The van der Waals surface area contributed by atoms with E-state index in [0.29, 0.717) is 12.5 Å². The molecule has 0 radical (unpaired) electrons. The number of halogens is 2. The Bertz CT molecular complexity index is 319. The predicted octanol–water partition coefficient (Wildman–Crippen LogP) is 2.02. The average Bonchev–Trinajstić information content (AvgIpc) is 2.29. The minimum absolute atomic E-state index is 0. The fourth-order valence-electron chi connectivity index (χ4n) is 1.72. The molecule has 0 bridgehead atoms. The zero-order chi connectivity index (χ0) is 10.5. The van der Waals surface area contributed by atoms with Crippen molar-refractivity contribution >= 4 is 12.4 Å². The summed E-state index contributed by atoms with van der Waals surface area (Å²) in [6.45, 7) is 2.62. The van der Waals surface area contributed by atoms with Gasteiger partial charge >= 0.3 is 0 Å². The minimum atomic E-state index is -0.383. The lowest BCUT2D eigenvalue weighted by Gasteiger charge is -2.22. The standard InChI is InChI=1S/C11H15FN2O.ClH/c12-10-2-1-5-14-11(10)15-8-9-3-6-13-7-4-9;/h1-2,5,9,13H,3-4,6-8H2;1H. The molecule has 1 fully saturated rings. The number of piperidine rings is 1. The van der Waals surface area contributed by atoms with Crippen LogP contribution in [0.15, 0.2) is 18.3 Å². The molecule has 1 aliphatic rings. The van der Waals surface area contributed by atoms with Gasteiger partial charge in [-0.05, 0) is 44.0 Å². The molecule has 90 valence electrons. The smallest absolute Gasteiger partial charge is 0.250 e. The first-order valence-electron chi connectivity index (χ1n) is 5.30. The number of hydrogen-bond acceptors (Lipinski definition) is 3. The lowest BCUT2D eigenvalue weighted by molar-refractivity contribution is 0.201. The van der Waals surface area contributed by atoms with Crippen LogP contribution in [0.3, 0.4) is 0 Å². The largest absolute Gasteiger partial charge is 0.475 e. The van der Waals surface area contributed by atoms with Crippen LogP contribution in [-0.2, 0) is 0 Å². The Labute approximate surface area is 101 Å². The SMILES string of the molecule is Cl.Fc1cccnc1OCC1CCNCC1. The lowest BCUT2D eigenvalue weighted by Crippen LogP contribution is -2.30. The van der Waals surface area contributed by atoms with Crippen LogP contribution >= 0.6 is 12.4 Å². The molecule has 1 aliphatic heterocycles. The lowest BCUT2D eigenvalue weighted by atomic mass is 9.99. The summed E-state index contributed by atoms with van der Waals surface area (Å²) in [5, 5.41) is 3.28. The summed E-state index contributed by atoms with van der Waals surface area (Å²) >= 11 is 0. The Balaban J connectivity index is 0.00000128. The van der Waals surface area contributed by atoms with Crippen molar-refractivity contribution in [1.29, 1.82) is 0 Å². The second-order valence-electron chi connectivity index (χ2n) is 3.79. The highest BCUT2D eigenvalue weighted by Gasteiger charge is 2.14. The number of hydrogen-bond donors (Lipinski definition) is 1. The van der Waals surface area contributed by atoms with Gasteiger partial charge in [0, 0.05) is 6.20 Å². The summed E-state index contributed by atoms with van der Waals surface area (Å²) in [5.41, 5.74) is 0. The molecule has 3 nitrogen and oxygen atoms in total. The molecular weight excluding hydrogens is 231 g/mol. The molecule has 16 heavy (non-hydrogen) atoms. The Hall–Kier alpha value is -0.870. The van der Waals surface area contributed by atoms with Gasteiger partial charge in [0.2, 0.25) is 5.88 Å². The second kappa shape index (κ2) is 6.66. The van der Waals surface area contributed by atoms with E-state index in [4.69, 9.17) is 4.74 Å². The Morgan fingerprint density at radius 1 is 1.44 bits per heavy atom. The monoisotopic (exact) mass is 246 g/mol. The van der Waals surface area contributed by atoms with Crippen molar-refractivity contribution in [2.45, 2.75) is 12.8 Å². The van der Waals surface area contributed by atoms with Crippen molar-refractivity contribution in [2.24, 2.45) is 5.92 Å². The zero-order valence-corrected chi connectivity index (χ0v) is 9.80. The third kappa shape index (κ3) is 3.61. The van der Waals surface area contributed by atoms with Gasteiger partial charge < -0.3 is 10.1 Å². The highest BCUT2D eigenvalue weighted by atomic mass is 35.5. The normalized spacial score (nSPS) is 16.6. The number of pyridine rings is 1. The minimum Gasteiger partial charge on any atom is -0.475 e. The molecule has 0 aromatic carbocycles. The van der Waals surface area contributed by atoms with E-state index in [1.54, 1.807) is 12.3 Å². The van der Waals surface area contributed by atoms with Gasteiger partial charge in [-0.25, -0.2) is 9.37 Å². The Kier molecular flexibility index (Phi) is 5.49. The predicted molar refractivity (Wildman–Crippen MR) is 62.5 cm³/mol. The van der Waals surface area contributed by atoms with E-state index in [1.807, 2.05) is 0 Å². The number of nitrogens with one attached hydrogen (secondary N) is 1. The number of nitrogens with zero attached hydrogens (tertiary/aromatic N) is 1. The van der Waals surface area contributed by atoms with Crippen molar-refractivity contribution in [3.63, 3.8) is 0 Å². The maximum absolute atomic E-state index is 13.1. The second-order valence-corrected chi connectivity index (χ2v) is 3.79. The summed E-state index contributed by atoms with van der Waals surface area (Å²) in [4.78, 5) is 3.85. The van der Waals surface area contributed by atoms with Crippen LogP contribution < -0.4 is 10.1 Å². The molecule has 1 aromatic heterocycles. The molecule has 2 heterocycles. The number of rotatable bonds is 3. The third-order valence-corrected chi connectivity index (χ3v) is 2.64. The molecule has 1 saturated heterocycles. The van der Waals surface area contributed by atoms with Gasteiger partial charge in [-0.3, -0.25) is 0 Å². The van der Waals surface area contributed by atoms with Crippen molar-refractivity contribution in [3.8, 4) is 5.88 Å². The molecule has 1 aromatic rings. The van der Waals surface area contributed by atoms with Crippen LogP contribution in [0.2, 0.25) is 0 Å². The van der Waals surface area contributed by atoms with Gasteiger partial charge in [0.15, 0.2) is 5.82 Å². The molecule has 0 aliphatic carbocycles. The van der Waals surface area contributed by atoms with E-state index >= 15 is 0 Å². The fraction of sp³-hybridized carbons (Fsp3) is 0.545. The van der Waals surface area contributed by atoms with Crippen molar-refractivity contribution in [2.75, 3.05) is 19.7 Å². The van der Waals surface area contributed by atoms with Gasteiger partial charge in [0.05, 0.1) is 6.61 Å². The number of ether oxygens (including phenoxy) is 1. The van der Waals surface area contributed by atoms with Crippen LogP contribution in [0.1, 0.15) is 12.8 Å². The molecule has 0 amide bonds. The van der Waals surface area contributed by atoms with E-state index in [2.05, 4.69) is 10.3 Å². The van der Waals surface area contributed by atoms with Crippen LogP contribution in [0, 0.1) is 11.7 Å². The summed E-state index contributed by atoms with van der Waals surface area (Å²) < 4.78 is 18.5. The van der Waals surface area contributed by atoms with E-state index in [-0.39, 0.29) is 24.1 Å². The van der Waals surface area contributed by atoms with E-state index < -0.39 is 0 Å². The maximum atomic E-state index is 13.1. The first kappa shape index (κ1) is 13.2. The number of aromatic nitrogens is 1. The van der Waals surface area contributed by atoms with Crippen molar-refractivity contribution in [1.82, 2.24) is 10.3 Å². The van der Waals surface area contributed by atoms with Crippen LogP contribution in [-0.4, -0.2) is 24.7 Å². The van der Waals surface area contributed by atoms with Crippen LogP contribution in [0.4, 0.5) is 4.39 Å². The molecule has 0 atom stereocenters. The van der Waals surface area contributed by atoms with Crippen LogP contribution in [0.25, 0.3) is 0 Å². The topological polar surface area (TPSA) is 34.1 Å². The van der Waals surface area contributed by atoms with E-state index in [0.717, 1.165) is 25.9 Å². The highest BCUT2D eigenvalue weighted by Crippen LogP contribution is 2.16. The fourth-order valence-corrected chi connectivity index (χ4v) is 1.72. The van der Waals surface area contributed by atoms with Gasteiger partial charge in [-0.15, -0.1) is 12.4 Å². The van der Waals surface area contributed by atoms with E-state index in [9.17, 15) is 4.39 Å². The zero-order valence-electron chi connectivity index (χ0n) is 8.99. The van der Waals surface area contributed by atoms with Crippen molar-refractivity contribution < 1.29 is 9.13 Å². The summed E-state index contributed by atoms with van der Waals surface area (Å²) in [6.07, 6.45) is 3.73. The van der Waals surface area contributed by atoms with Gasteiger partial charge in [-0.1, -0.05) is 0 Å².